The summed E-state index contributed by atoms with van der Waals surface area (Å²) in [5, 5.41) is 5.73. The molecule has 110 valence electrons. The van der Waals surface area contributed by atoms with Crippen molar-refractivity contribution in [2.24, 2.45) is 0 Å². The molecule has 0 aromatic heterocycles. The van der Waals surface area contributed by atoms with Crippen LogP contribution in [0, 0.1) is 0 Å². The first-order valence-corrected chi connectivity index (χ1v) is 7.11. The monoisotopic (exact) mass is 278 g/mol. The zero-order valence-electron chi connectivity index (χ0n) is 12.0. The molecule has 1 fully saturated rings. The second-order valence-corrected chi connectivity index (χ2v) is 4.87. The SMILES string of the molecule is CCOc1ccccc1NC(=O)NC(C)C1CCCO1. The Morgan fingerprint density at radius 1 is 1.50 bits per heavy atom. The lowest BCUT2D eigenvalue weighted by Crippen LogP contribution is -2.43. The number of benzene rings is 1. The lowest BCUT2D eigenvalue weighted by atomic mass is 10.1. The van der Waals surface area contributed by atoms with E-state index in [0.717, 1.165) is 19.4 Å². The fourth-order valence-electron chi connectivity index (χ4n) is 2.31. The van der Waals surface area contributed by atoms with Crippen LogP contribution in [0.25, 0.3) is 0 Å². The summed E-state index contributed by atoms with van der Waals surface area (Å²) >= 11 is 0. The van der Waals surface area contributed by atoms with Crippen LogP contribution in [0.2, 0.25) is 0 Å². The molecule has 0 saturated carbocycles. The Bertz CT molecular complexity index is 444. The summed E-state index contributed by atoms with van der Waals surface area (Å²) in [6.45, 7) is 5.22. The van der Waals surface area contributed by atoms with Gasteiger partial charge in [-0.05, 0) is 38.8 Å². The predicted molar refractivity (Wildman–Crippen MR) is 78.2 cm³/mol. The quantitative estimate of drug-likeness (QED) is 0.870. The summed E-state index contributed by atoms with van der Waals surface area (Å²) in [6, 6.07) is 7.16. The number of rotatable bonds is 5. The predicted octanol–water partition coefficient (Wildman–Crippen LogP) is 2.77. The molecule has 2 rings (SSSR count). The standard InChI is InChI=1S/C15H22N2O3/c1-3-19-14-8-5-4-7-12(14)17-15(18)16-11(2)13-9-6-10-20-13/h4-5,7-8,11,13H,3,6,9-10H2,1-2H3,(H2,16,17,18). The molecule has 5 heteroatoms. The van der Waals surface area contributed by atoms with E-state index in [1.165, 1.54) is 0 Å². The van der Waals surface area contributed by atoms with E-state index in [2.05, 4.69) is 10.6 Å². The van der Waals surface area contributed by atoms with Crippen LogP contribution in [0.15, 0.2) is 24.3 Å². The van der Waals surface area contributed by atoms with E-state index in [1.54, 1.807) is 0 Å². The molecule has 2 amide bonds. The highest BCUT2D eigenvalue weighted by molar-refractivity contribution is 5.91. The van der Waals surface area contributed by atoms with Crippen LogP contribution in [-0.4, -0.2) is 31.4 Å². The Hall–Kier alpha value is -1.75. The van der Waals surface area contributed by atoms with Crippen molar-refractivity contribution in [2.45, 2.75) is 38.8 Å². The molecule has 20 heavy (non-hydrogen) atoms. The van der Waals surface area contributed by atoms with Gasteiger partial charge in [0, 0.05) is 6.61 Å². The summed E-state index contributed by atoms with van der Waals surface area (Å²) < 4.78 is 11.0. The van der Waals surface area contributed by atoms with Gasteiger partial charge in [0.25, 0.3) is 0 Å². The number of carbonyl (C=O) groups excluding carboxylic acids is 1. The van der Waals surface area contributed by atoms with Crippen LogP contribution in [0.5, 0.6) is 5.75 Å². The number of hydrogen-bond donors (Lipinski definition) is 2. The number of anilines is 1. The Labute approximate surface area is 119 Å². The van der Waals surface area contributed by atoms with E-state index in [9.17, 15) is 4.79 Å². The minimum atomic E-state index is -0.236. The van der Waals surface area contributed by atoms with Crippen molar-refractivity contribution >= 4 is 11.7 Å². The molecule has 1 aromatic rings. The van der Waals surface area contributed by atoms with E-state index in [4.69, 9.17) is 9.47 Å². The van der Waals surface area contributed by atoms with Crippen molar-refractivity contribution in [1.82, 2.24) is 5.32 Å². The van der Waals surface area contributed by atoms with Crippen molar-refractivity contribution < 1.29 is 14.3 Å². The van der Waals surface area contributed by atoms with E-state index in [1.807, 2.05) is 38.1 Å². The molecule has 2 N–H and O–H groups in total. The van der Waals surface area contributed by atoms with Crippen molar-refractivity contribution in [2.75, 3.05) is 18.5 Å². The highest BCUT2D eigenvalue weighted by atomic mass is 16.5. The van der Waals surface area contributed by atoms with Gasteiger partial charge in [-0.1, -0.05) is 12.1 Å². The second-order valence-electron chi connectivity index (χ2n) is 4.87. The number of hydrogen-bond acceptors (Lipinski definition) is 3. The molecule has 5 nitrogen and oxygen atoms in total. The maximum atomic E-state index is 12.0. The number of amides is 2. The molecule has 2 unspecified atom stereocenters. The minimum Gasteiger partial charge on any atom is -0.492 e. The van der Waals surface area contributed by atoms with Gasteiger partial charge >= 0.3 is 6.03 Å². The fraction of sp³-hybridized carbons (Fsp3) is 0.533. The highest BCUT2D eigenvalue weighted by Gasteiger charge is 2.23. The lowest BCUT2D eigenvalue weighted by Gasteiger charge is -2.20. The maximum absolute atomic E-state index is 12.0. The van der Waals surface area contributed by atoms with Gasteiger partial charge in [-0.3, -0.25) is 0 Å². The third-order valence-corrected chi connectivity index (χ3v) is 3.32. The third kappa shape index (κ3) is 3.87. The molecule has 1 saturated heterocycles. The van der Waals surface area contributed by atoms with Crippen LogP contribution in [-0.2, 0) is 4.74 Å². The summed E-state index contributed by atoms with van der Waals surface area (Å²) in [7, 11) is 0. The molecule has 0 spiro atoms. The first kappa shape index (κ1) is 14.7. The first-order valence-electron chi connectivity index (χ1n) is 7.11. The first-order chi connectivity index (χ1) is 9.70. The van der Waals surface area contributed by atoms with Crippen LogP contribution < -0.4 is 15.4 Å². The van der Waals surface area contributed by atoms with Crippen molar-refractivity contribution in [3.8, 4) is 5.75 Å². The Kier molecular flexibility index (Phi) is 5.24. The smallest absolute Gasteiger partial charge is 0.319 e. The van der Waals surface area contributed by atoms with Gasteiger partial charge in [0.05, 0.1) is 24.4 Å². The topological polar surface area (TPSA) is 59.6 Å². The summed E-state index contributed by atoms with van der Waals surface area (Å²) in [4.78, 5) is 12.0. The number of urea groups is 1. The molecular formula is C15H22N2O3. The van der Waals surface area contributed by atoms with Crippen molar-refractivity contribution in [3.05, 3.63) is 24.3 Å². The van der Waals surface area contributed by atoms with E-state index >= 15 is 0 Å². The Balaban J connectivity index is 1.90. The fourth-order valence-corrected chi connectivity index (χ4v) is 2.31. The van der Waals surface area contributed by atoms with Gasteiger partial charge in [-0.15, -0.1) is 0 Å². The molecule has 1 aromatic carbocycles. The molecule has 1 aliphatic heterocycles. The molecule has 0 radical (unpaired) electrons. The van der Waals surface area contributed by atoms with Gasteiger partial charge in [0.15, 0.2) is 0 Å². The molecule has 0 aliphatic carbocycles. The third-order valence-electron chi connectivity index (χ3n) is 3.32. The van der Waals surface area contributed by atoms with Crippen LogP contribution >= 0.6 is 0 Å². The summed E-state index contributed by atoms with van der Waals surface area (Å²) in [6.07, 6.45) is 2.17. The van der Waals surface area contributed by atoms with Gasteiger partial charge in [-0.2, -0.15) is 0 Å². The Morgan fingerprint density at radius 3 is 3.00 bits per heavy atom. The molecular weight excluding hydrogens is 256 g/mol. The highest BCUT2D eigenvalue weighted by Crippen LogP contribution is 2.23. The average Bonchev–Trinajstić information content (AvgIpc) is 2.95. The van der Waals surface area contributed by atoms with Crippen molar-refractivity contribution in [1.29, 1.82) is 0 Å². The van der Waals surface area contributed by atoms with Crippen LogP contribution in [0.1, 0.15) is 26.7 Å². The summed E-state index contributed by atoms with van der Waals surface area (Å²) in [5.41, 5.74) is 0.673. The Morgan fingerprint density at radius 2 is 2.30 bits per heavy atom. The van der Waals surface area contributed by atoms with Gasteiger partial charge < -0.3 is 20.1 Å². The zero-order chi connectivity index (χ0) is 14.4. The minimum absolute atomic E-state index is 0.00300. The van der Waals surface area contributed by atoms with E-state index < -0.39 is 0 Å². The molecule has 1 heterocycles. The number of carbonyl (C=O) groups is 1. The lowest BCUT2D eigenvalue weighted by molar-refractivity contribution is 0.0868. The number of nitrogens with one attached hydrogen (secondary N) is 2. The zero-order valence-corrected chi connectivity index (χ0v) is 12.0. The molecule has 1 aliphatic rings. The van der Waals surface area contributed by atoms with Crippen LogP contribution in [0.4, 0.5) is 10.5 Å². The van der Waals surface area contributed by atoms with Crippen LogP contribution in [0.3, 0.4) is 0 Å². The number of para-hydroxylation sites is 2. The largest absolute Gasteiger partial charge is 0.492 e. The summed E-state index contributed by atoms with van der Waals surface area (Å²) in [5.74, 6) is 0.676. The van der Waals surface area contributed by atoms with E-state index in [0.29, 0.717) is 18.0 Å². The molecule has 2 atom stereocenters. The average molecular weight is 278 g/mol. The number of ether oxygens (including phenoxy) is 2. The maximum Gasteiger partial charge on any atom is 0.319 e. The van der Waals surface area contributed by atoms with Gasteiger partial charge in [0.1, 0.15) is 5.75 Å². The normalized spacial score (nSPS) is 19.4. The second kappa shape index (κ2) is 7.14. The van der Waals surface area contributed by atoms with E-state index in [-0.39, 0.29) is 18.2 Å². The molecule has 0 bridgehead atoms. The van der Waals surface area contributed by atoms with Gasteiger partial charge in [0.2, 0.25) is 0 Å². The van der Waals surface area contributed by atoms with Gasteiger partial charge in [-0.25, -0.2) is 4.79 Å². The van der Waals surface area contributed by atoms with Crippen molar-refractivity contribution in [3.63, 3.8) is 0 Å².